The number of hydrogen-bond acceptors (Lipinski definition) is 4. The molecule has 0 bridgehead atoms. The minimum Gasteiger partial charge on any atom is -0.438 e. The smallest absolute Gasteiger partial charge is 0.227 e. The summed E-state index contributed by atoms with van der Waals surface area (Å²) in [6.45, 7) is 9.21. The molecule has 4 rings (SSSR count). The van der Waals surface area contributed by atoms with E-state index in [0.717, 1.165) is 36.2 Å². The van der Waals surface area contributed by atoms with E-state index < -0.39 is 6.10 Å². The molecule has 1 N–H and O–H groups in total. The second kappa shape index (κ2) is 11.0. The number of hydrogen-bond donors (Lipinski definition) is 1. The lowest BCUT2D eigenvalue weighted by atomic mass is 10.0. The van der Waals surface area contributed by atoms with Gasteiger partial charge in [0.1, 0.15) is 11.6 Å². The van der Waals surface area contributed by atoms with E-state index >= 15 is 0 Å². The van der Waals surface area contributed by atoms with E-state index in [-0.39, 0.29) is 11.7 Å². The van der Waals surface area contributed by atoms with E-state index in [1.807, 2.05) is 41.1 Å². The van der Waals surface area contributed by atoms with Crippen LogP contribution < -0.4 is 4.74 Å². The molecule has 34 heavy (non-hydrogen) atoms. The Bertz CT molecular complexity index is 1090. The zero-order valence-corrected chi connectivity index (χ0v) is 20.0. The van der Waals surface area contributed by atoms with Crippen LogP contribution >= 0.6 is 0 Å². The Kier molecular flexibility index (Phi) is 7.80. The predicted octanol–water partition coefficient (Wildman–Crippen LogP) is 6.22. The third kappa shape index (κ3) is 5.93. The first kappa shape index (κ1) is 24.2. The fraction of sp³-hybridized carbons (Fsp3) is 0.393. The topological polar surface area (TPSA) is 50.5 Å². The monoisotopic (exact) mass is 463 g/mol. The Balaban J connectivity index is 1.74. The van der Waals surface area contributed by atoms with Gasteiger partial charge in [0.25, 0.3) is 0 Å². The van der Waals surface area contributed by atoms with Crippen LogP contribution in [0.15, 0.2) is 67.3 Å². The average Bonchev–Trinajstić information content (AvgIpc) is 3.61. The predicted molar refractivity (Wildman–Crippen MR) is 133 cm³/mol. The third-order valence-electron chi connectivity index (χ3n) is 6.10. The van der Waals surface area contributed by atoms with E-state index in [1.54, 1.807) is 12.1 Å². The summed E-state index contributed by atoms with van der Waals surface area (Å²) in [5.74, 6) is 0.838. The number of halogens is 1. The molecule has 6 heteroatoms. The molecule has 0 aliphatic heterocycles. The van der Waals surface area contributed by atoms with Crippen LogP contribution in [0.1, 0.15) is 56.7 Å². The summed E-state index contributed by atoms with van der Waals surface area (Å²) >= 11 is 0. The maximum atomic E-state index is 14.0. The molecule has 5 nitrogen and oxygen atoms in total. The highest BCUT2D eigenvalue weighted by atomic mass is 19.1. The number of nitrogens with zero attached hydrogens (tertiary/aromatic N) is 3. The van der Waals surface area contributed by atoms with Crippen molar-refractivity contribution in [1.29, 1.82) is 0 Å². The van der Waals surface area contributed by atoms with Crippen molar-refractivity contribution in [3.8, 4) is 17.3 Å². The molecule has 1 atom stereocenters. The highest BCUT2D eigenvalue weighted by Gasteiger charge is 2.33. The van der Waals surface area contributed by atoms with Crippen molar-refractivity contribution >= 4 is 0 Å². The maximum absolute atomic E-state index is 14.0. The maximum Gasteiger partial charge on any atom is 0.227 e. The number of allylic oxidation sites excluding steroid dienone is 1. The van der Waals surface area contributed by atoms with Gasteiger partial charge in [-0.25, -0.2) is 9.07 Å². The fourth-order valence-electron chi connectivity index (χ4n) is 4.21. The lowest BCUT2D eigenvalue weighted by Gasteiger charge is -2.25. The molecular weight excluding hydrogens is 429 g/mol. The van der Waals surface area contributed by atoms with Gasteiger partial charge in [-0.15, -0.1) is 6.58 Å². The van der Waals surface area contributed by atoms with Crippen LogP contribution in [0, 0.1) is 5.82 Å². The molecule has 180 valence electrons. The van der Waals surface area contributed by atoms with Crippen LogP contribution in [0.4, 0.5) is 4.39 Å². The van der Waals surface area contributed by atoms with E-state index in [4.69, 9.17) is 9.84 Å². The molecule has 3 aromatic rings. The van der Waals surface area contributed by atoms with E-state index in [0.29, 0.717) is 37.2 Å². The number of aliphatic hydroxyl groups excluding tert-OH is 1. The molecule has 2 aromatic carbocycles. The first-order valence-electron chi connectivity index (χ1n) is 12.1. The second-order valence-electron chi connectivity index (χ2n) is 9.31. The first-order valence-corrected chi connectivity index (χ1v) is 12.1. The highest BCUT2D eigenvalue weighted by molar-refractivity contribution is 5.44. The van der Waals surface area contributed by atoms with Gasteiger partial charge < -0.3 is 9.84 Å². The quantitative estimate of drug-likeness (QED) is 0.324. The van der Waals surface area contributed by atoms with Crippen LogP contribution in [-0.4, -0.2) is 38.5 Å². The first-order chi connectivity index (χ1) is 16.5. The van der Waals surface area contributed by atoms with E-state index in [1.165, 1.54) is 12.1 Å². The second-order valence-corrected chi connectivity index (χ2v) is 9.31. The van der Waals surface area contributed by atoms with Crippen molar-refractivity contribution in [3.05, 3.63) is 84.3 Å². The Morgan fingerprint density at radius 2 is 1.97 bits per heavy atom. The van der Waals surface area contributed by atoms with Crippen LogP contribution in [0.5, 0.6) is 11.6 Å². The van der Waals surface area contributed by atoms with Crippen molar-refractivity contribution in [2.45, 2.75) is 64.1 Å². The Morgan fingerprint density at radius 3 is 2.62 bits per heavy atom. The number of rotatable bonds is 12. The number of ether oxygens (including phenoxy) is 1. The molecule has 1 unspecified atom stereocenters. The molecule has 0 amide bonds. The lowest BCUT2D eigenvalue weighted by Crippen LogP contribution is -2.34. The van der Waals surface area contributed by atoms with Crippen LogP contribution in [-0.2, 0) is 6.54 Å². The number of aromatic nitrogens is 2. The highest BCUT2D eigenvalue weighted by Crippen LogP contribution is 2.37. The van der Waals surface area contributed by atoms with Crippen molar-refractivity contribution in [2.75, 3.05) is 6.54 Å². The van der Waals surface area contributed by atoms with Gasteiger partial charge in [-0.05, 0) is 55.9 Å². The molecule has 0 saturated heterocycles. The number of aliphatic hydroxyl groups is 1. The van der Waals surface area contributed by atoms with Gasteiger partial charge in [0.05, 0.1) is 23.0 Å². The fourth-order valence-corrected chi connectivity index (χ4v) is 4.21. The van der Waals surface area contributed by atoms with Gasteiger partial charge >= 0.3 is 0 Å². The Morgan fingerprint density at radius 1 is 1.21 bits per heavy atom. The van der Waals surface area contributed by atoms with Crippen LogP contribution in [0.2, 0.25) is 0 Å². The van der Waals surface area contributed by atoms with Gasteiger partial charge in [-0.2, -0.15) is 5.10 Å². The normalized spacial score (nSPS) is 14.5. The molecule has 1 fully saturated rings. The summed E-state index contributed by atoms with van der Waals surface area (Å²) in [5.41, 5.74) is 2.80. The molecule has 1 aromatic heterocycles. The van der Waals surface area contributed by atoms with E-state index in [9.17, 15) is 9.50 Å². The minimum atomic E-state index is -0.419. The van der Waals surface area contributed by atoms with E-state index in [2.05, 4.69) is 25.3 Å². The third-order valence-corrected chi connectivity index (χ3v) is 6.10. The average molecular weight is 464 g/mol. The zero-order chi connectivity index (χ0) is 24.1. The molecule has 1 aliphatic carbocycles. The van der Waals surface area contributed by atoms with Crippen LogP contribution in [0.3, 0.4) is 0 Å². The summed E-state index contributed by atoms with van der Waals surface area (Å²) in [7, 11) is 0. The number of para-hydroxylation sites is 1. The Hall–Kier alpha value is -2.96. The lowest BCUT2D eigenvalue weighted by molar-refractivity contribution is 0.0974. The molecule has 1 saturated carbocycles. The molecule has 1 aliphatic rings. The van der Waals surface area contributed by atoms with Gasteiger partial charge in [0, 0.05) is 25.2 Å². The summed E-state index contributed by atoms with van der Waals surface area (Å²) in [4.78, 5) is 2.34. The molecule has 1 heterocycles. The van der Waals surface area contributed by atoms with Crippen molar-refractivity contribution in [3.63, 3.8) is 0 Å². The Labute approximate surface area is 201 Å². The number of benzene rings is 2. The summed E-state index contributed by atoms with van der Waals surface area (Å²) in [6.07, 6.45) is 5.15. The summed E-state index contributed by atoms with van der Waals surface area (Å²) in [6, 6.07) is 16.5. The van der Waals surface area contributed by atoms with Crippen molar-refractivity contribution in [2.24, 2.45) is 0 Å². The van der Waals surface area contributed by atoms with Crippen molar-refractivity contribution in [1.82, 2.24) is 14.7 Å². The minimum absolute atomic E-state index is 0.168. The molecule has 0 radical (unpaired) electrons. The largest absolute Gasteiger partial charge is 0.438 e. The van der Waals surface area contributed by atoms with Gasteiger partial charge in [0.15, 0.2) is 0 Å². The summed E-state index contributed by atoms with van der Waals surface area (Å²) in [5, 5.41) is 15.6. The van der Waals surface area contributed by atoms with Gasteiger partial charge in [0.2, 0.25) is 5.88 Å². The molecular formula is C28H34FN3O2. The van der Waals surface area contributed by atoms with Crippen molar-refractivity contribution < 1.29 is 14.2 Å². The van der Waals surface area contributed by atoms with Crippen LogP contribution in [0.25, 0.3) is 5.69 Å². The standard InChI is InChI=1S/C28H34FN3O2/c1-4-5-13-24(33)18-31(22-15-16-22)19-26-27(20(2)3)30-32(23-11-7-6-8-12-23)28(26)34-25-14-9-10-21(29)17-25/h4,6-12,14,17,20,22,24,33H,1,5,13,15-16,18-19H2,2-3H3. The van der Waals surface area contributed by atoms with Gasteiger partial charge in [-0.3, -0.25) is 4.90 Å². The summed E-state index contributed by atoms with van der Waals surface area (Å²) < 4.78 is 22.1. The van der Waals surface area contributed by atoms with Gasteiger partial charge in [-0.1, -0.05) is 44.2 Å². The SMILES string of the molecule is C=CCCC(O)CN(Cc1c(C(C)C)nn(-c2ccccc2)c1Oc1cccc(F)c1)C1CC1. The zero-order valence-electron chi connectivity index (χ0n) is 20.0. The molecule has 0 spiro atoms.